The molecule has 4 rings (SSSR count). The summed E-state index contributed by atoms with van der Waals surface area (Å²) in [4.78, 5) is 44.9. The molecule has 2 aromatic heterocycles. The lowest BCUT2D eigenvalue weighted by Gasteiger charge is -2.24. The SMILES string of the molecule is [N-]=[N+]=NCCSc1nc2c(=O)[nH]c(N)nc2n1[C@@H]1OC2CO[P+](O)(O)O[C@H]2C1O. The van der Waals surface area contributed by atoms with Crippen molar-refractivity contribution in [2.75, 3.05) is 24.6 Å². The van der Waals surface area contributed by atoms with Crippen molar-refractivity contribution in [1.82, 2.24) is 19.5 Å². The number of nitrogens with zero attached hydrogens (tertiary/aromatic N) is 6. The molecule has 2 aliphatic rings. The lowest BCUT2D eigenvalue weighted by molar-refractivity contribution is -0.0763. The van der Waals surface area contributed by atoms with Crippen LogP contribution in [0, 0.1) is 0 Å². The number of aliphatic hydroxyl groups is 1. The molecule has 0 aromatic carbocycles. The number of rotatable bonds is 5. The van der Waals surface area contributed by atoms with Gasteiger partial charge in [-0.2, -0.15) is 19.3 Å². The van der Waals surface area contributed by atoms with E-state index in [9.17, 15) is 19.7 Å². The zero-order valence-corrected chi connectivity index (χ0v) is 16.2. The number of H-pyrrole nitrogens is 1. The average Bonchev–Trinajstić information content (AvgIpc) is 3.16. The number of nitrogens with two attached hydrogens (primary N) is 1. The Hall–Kier alpha value is -2.00. The summed E-state index contributed by atoms with van der Waals surface area (Å²) in [7, 11) is -4.06. The van der Waals surface area contributed by atoms with Crippen LogP contribution < -0.4 is 11.3 Å². The largest absolute Gasteiger partial charge is 0.570 e. The number of fused-ring (bicyclic) bond motifs is 2. The fourth-order valence-corrected chi connectivity index (χ4v) is 4.91. The lowest BCUT2D eigenvalue weighted by Crippen LogP contribution is -2.40. The molecule has 4 atom stereocenters. The average molecular weight is 447 g/mol. The zero-order valence-electron chi connectivity index (χ0n) is 14.5. The molecule has 0 aliphatic carbocycles. The number of hydrogen-bond donors (Lipinski definition) is 5. The fourth-order valence-electron chi connectivity index (χ4n) is 3.09. The van der Waals surface area contributed by atoms with E-state index in [1.54, 1.807) is 0 Å². The minimum absolute atomic E-state index is 0.0283. The van der Waals surface area contributed by atoms with Gasteiger partial charge in [-0.05, 0) is 5.53 Å². The van der Waals surface area contributed by atoms with Gasteiger partial charge in [-0.15, -0.1) is 4.52 Å². The minimum atomic E-state index is -4.06. The number of nitrogen functional groups attached to an aromatic ring is 1. The van der Waals surface area contributed by atoms with Crippen LogP contribution in [0.4, 0.5) is 5.95 Å². The Morgan fingerprint density at radius 3 is 3.03 bits per heavy atom. The molecule has 2 aliphatic heterocycles. The van der Waals surface area contributed by atoms with Crippen molar-refractivity contribution < 1.29 is 28.7 Å². The summed E-state index contributed by atoms with van der Waals surface area (Å²) in [5.41, 5.74) is 13.5. The second kappa shape index (κ2) is 7.68. The van der Waals surface area contributed by atoms with Crippen LogP contribution >= 0.6 is 19.9 Å². The number of aliphatic hydroxyl groups excluding tert-OH is 1. The first-order chi connectivity index (χ1) is 13.8. The van der Waals surface area contributed by atoms with Crippen molar-refractivity contribution in [3.63, 3.8) is 0 Å². The number of aromatic amines is 1. The maximum atomic E-state index is 12.2. The van der Waals surface area contributed by atoms with Gasteiger partial charge in [-0.1, -0.05) is 16.9 Å². The molecule has 2 aromatic rings. The molecule has 2 unspecified atom stereocenters. The molecule has 17 heteroatoms. The number of thioether (sulfide) groups is 1. The highest BCUT2D eigenvalue weighted by Gasteiger charge is 2.60. The van der Waals surface area contributed by atoms with E-state index in [1.807, 2.05) is 0 Å². The lowest BCUT2D eigenvalue weighted by atomic mass is 10.1. The standard InChI is InChI=1S/C12H15N8O7PS/c13-11-17-8-5(9(22)18-11)16-12(29-2-1-15-19-14)20(8)10-6(21)7-4(26-10)3-25-28(23,24)27-7/h4,6-7,10,21,23-24H,1-3H2,(H2-,13,17,18,22)/p+1/t4?,6?,7-,10-/m1/s1. The van der Waals surface area contributed by atoms with Gasteiger partial charge >= 0.3 is 8.17 Å². The van der Waals surface area contributed by atoms with E-state index in [1.165, 1.54) is 4.57 Å². The molecular formula is C12H16N8O7PS+. The van der Waals surface area contributed by atoms with Gasteiger partial charge in [0.25, 0.3) is 5.56 Å². The Labute approximate surface area is 166 Å². The predicted octanol–water partition coefficient (Wildman–Crippen LogP) is -0.560. The molecule has 2 saturated heterocycles. The molecule has 6 N–H and O–H groups in total. The summed E-state index contributed by atoms with van der Waals surface area (Å²) in [5.74, 6) is 0.173. The van der Waals surface area contributed by atoms with Crippen LogP contribution in [0.3, 0.4) is 0 Å². The highest BCUT2D eigenvalue weighted by atomic mass is 32.2. The summed E-state index contributed by atoms with van der Waals surface area (Å²) in [5, 5.41) is 14.4. The normalized spacial score (nSPS) is 28.2. The summed E-state index contributed by atoms with van der Waals surface area (Å²) in [6.07, 6.45) is -4.33. The van der Waals surface area contributed by atoms with Gasteiger partial charge in [0.15, 0.2) is 28.7 Å². The molecular weight excluding hydrogens is 431 g/mol. The van der Waals surface area contributed by atoms with Gasteiger partial charge in [0.2, 0.25) is 5.95 Å². The number of aromatic nitrogens is 4. The first-order valence-corrected chi connectivity index (χ1v) is 10.7. The zero-order chi connectivity index (χ0) is 20.8. The van der Waals surface area contributed by atoms with Gasteiger partial charge in [0.05, 0.1) is 0 Å². The van der Waals surface area contributed by atoms with E-state index in [0.29, 0.717) is 5.75 Å². The first kappa shape index (κ1) is 20.3. The number of ether oxygens (including phenoxy) is 1. The van der Waals surface area contributed by atoms with Gasteiger partial charge < -0.3 is 15.6 Å². The quantitative estimate of drug-likeness (QED) is 0.0974. The Balaban J connectivity index is 1.75. The third-order valence-corrected chi connectivity index (χ3v) is 6.19. The highest BCUT2D eigenvalue weighted by Crippen LogP contribution is 2.59. The van der Waals surface area contributed by atoms with Crippen molar-refractivity contribution in [2.45, 2.75) is 29.7 Å². The second-order valence-electron chi connectivity index (χ2n) is 6.10. The van der Waals surface area contributed by atoms with Crippen LogP contribution in [0.15, 0.2) is 15.1 Å². The van der Waals surface area contributed by atoms with Crippen molar-refractivity contribution in [1.29, 1.82) is 0 Å². The molecule has 29 heavy (non-hydrogen) atoms. The van der Waals surface area contributed by atoms with Gasteiger partial charge in [0.1, 0.15) is 18.8 Å². The molecule has 2 fully saturated rings. The van der Waals surface area contributed by atoms with Crippen LogP contribution in [-0.2, 0) is 13.8 Å². The molecule has 0 amide bonds. The molecule has 156 valence electrons. The van der Waals surface area contributed by atoms with E-state index in [4.69, 9.17) is 25.0 Å². The fraction of sp³-hybridized carbons (Fsp3) is 0.583. The van der Waals surface area contributed by atoms with E-state index in [-0.39, 0.29) is 35.4 Å². The first-order valence-electron chi connectivity index (χ1n) is 8.23. The van der Waals surface area contributed by atoms with Crippen molar-refractivity contribution >= 4 is 37.0 Å². The van der Waals surface area contributed by atoms with E-state index >= 15 is 0 Å². The summed E-state index contributed by atoms with van der Waals surface area (Å²) in [6.45, 7) is -0.0459. The van der Waals surface area contributed by atoms with Crippen LogP contribution in [0.25, 0.3) is 21.6 Å². The number of imidazole rings is 1. The molecule has 0 bridgehead atoms. The van der Waals surface area contributed by atoms with E-state index < -0.39 is 38.3 Å². The Bertz CT molecular complexity index is 1040. The highest BCUT2D eigenvalue weighted by molar-refractivity contribution is 7.99. The van der Waals surface area contributed by atoms with Gasteiger partial charge in [-0.3, -0.25) is 14.3 Å². The van der Waals surface area contributed by atoms with E-state index in [2.05, 4.69) is 25.0 Å². The third-order valence-electron chi connectivity index (χ3n) is 4.25. The van der Waals surface area contributed by atoms with Crippen LogP contribution in [-0.4, -0.2) is 71.6 Å². The van der Waals surface area contributed by atoms with Gasteiger partial charge in [-0.25, -0.2) is 4.98 Å². The monoisotopic (exact) mass is 447 g/mol. The molecule has 0 spiro atoms. The number of azide groups is 1. The predicted molar refractivity (Wildman–Crippen MR) is 99.4 cm³/mol. The number of nitrogens with one attached hydrogen (secondary N) is 1. The summed E-state index contributed by atoms with van der Waals surface area (Å²) >= 11 is 1.15. The second-order valence-corrected chi connectivity index (χ2v) is 8.61. The van der Waals surface area contributed by atoms with E-state index in [0.717, 1.165) is 11.8 Å². The number of hydrogen-bond acceptors (Lipinski definition) is 12. The van der Waals surface area contributed by atoms with Crippen LogP contribution in [0.5, 0.6) is 0 Å². The van der Waals surface area contributed by atoms with Crippen LogP contribution in [0.1, 0.15) is 6.23 Å². The summed E-state index contributed by atoms with van der Waals surface area (Å²) < 4.78 is 17.1. The minimum Gasteiger partial charge on any atom is -0.385 e. The maximum absolute atomic E-state index is 12.2. The topological polar surface area (TPSA) is 227 Å². The third kappa shape index (κ3) is 3.77. The Morgan fingerprint density at radius 1 is 1.48 bits per heavy atom. The van der Waals surface area contributed by atoms with Crippen molar-refractivity contribution in [3.8, 4) is 0 Å². The smallest absolute Gasteiger partial charge is 0.385 e. The van der Waals surface area contributed by atoms with Crippen molar-refractivity contribution in [2.24, 2.45) is 5.11 Å². The van der Waals surface area contributed by atoms with Crippen LogP contribution in [0.2, 0.25) is 0 Å². The molecule has 0 saturated carbocycles. The van der Waals surface area contributed by atoms with Gasteiger partial charge in [0, 0.05) is 17.2 Å². The van der Waals surface area contributed by atoms with Crippen molar-refractivity contribution in [3.05, 3.63) is 20.8 Å². The maximum Gasteiger partial charge on any atom is 0.570 e. The Kier molecular flexibility index (Phi) is 5.37. The molecule has 0 radical (unpaired) electrons. The Morgan fingerprint density at radius 2 is 2.28 bits per heavy atom. The summed E-state index contributed by atoms with van der Waals surface area (Å²) in [6, 6.07) is 0. The molecule has 15 nitrogen and oxygen atoms in total. The number of anilines is 1. The molecule has 4 heterocycles.